The first-order valence-corrected chi connectivity index (χ1v) is 9.00. The van der Waals surface area contributed by atoms with Crippen molar-refractivity contribution in [3.05, 3.63) is 30.1 Å². The number of hydrogen-bond acceptors (Lipinski definition) is 5. The molecule has 2 aliphatic rings. The predicted octanol–water partition coefficient (Wildman–Crippen LogP) is 3.06. The first-order chi connectivity index (χ1) is 11.8. The Bertz CT molecular complexity index is 591. The van der Waals surface area contributed by atoms with Gasteiger partial charge in [0.05, 0.1) is 17.8 Å². The molecule has 2 aliphatic heterocycles. The fourth-order valence-corrected chi connectivity index (χ4v) is 3.69. The number of carbonyl (C=O) groups excluding carboxylic acids is 1. The normalized spacial score (nSPS) is 26.5. The lowest BCUT2D eigenvalue weighted by atomic mass is 9.81. The number of aromatic nitrogens is 1. The second-order valence-electron chi connectivity index (χ2n) is 8.13. The lowest BCUT2D eigenvalue weighted by molar-refractivity contribution is -0.182. The van der Waals surface area contributed by atoms with Crippen LogP contribution in [-0.4, -0.2) is 51.5 Å². The Morgan fingerprint density at radius 2 is 1.96 bits per heavy atom. The maximum absolute atomic E-state index is 12.2. The molecule has 1 aromatic rings. The van der Waals surface area contributed by atoms with Gasteiger partial charge < -0.3 is 19.5 Å². The zero-order valence-electron chi connectivity index (χ0n) is 15.3. The van der Waals surface area contributed by atoms with Crippen LogP contribution < -0.4 is 0 Å². The highest BCUT2D eigenvalue weighted by Crippen LogP contribution is 2.43. The van der Waals surface area contributed by atoms with Crippen LogP contribution >= 0.6 is 0 Å². The average Bonchev–Trinajstić information content (AvgIpc) is 2.54. The molecule has 0 bridgehead atoms. The van der Waals surface area contributed by atoms with E-state index in [1.54, 1.807) is 17.3 Å². The van der Waals surface area contributed by atoms with Gasteiger partial charge in [0.1, 0.15) is 5.60 Å². The molecule has 2 unspecified atom stereocenters. The SMILES string of the molecule is CC(C)(C)OC(=O)N1CCC2(CC1)CC(O)CC(c1ccncc1)O2. The number of aliphatic hydroxyl groups is 1. The maximum Gasteiger partial charge on any atom is 0.410 e. The summed E-state index contributed by atoms with van der Waals surface area (Å²) >= 11 is 0. The van der Waals surface area contributed by atoms with Gasteiger partial charge in [-0.15, -0.1) is 0 Å². The second-order valence-corrected chi connectivity index (χ2v) is 8.13. The van der Waals surface area contributed by atoms with Gasteiger partial charge in [0, 0.05) is 38.3 Å². The molecule has 2 saturated heterocycles. The molecule has 0 radical (unpaired) electrons. The summed E-state index contributed by atoms with van der Waals surface area (Å²) in [6.07, 6.45) is 5.35. The average molecular weight is 348 g/mol. The van der Waals surface area contributed by atoms with Crippen LogP contribution in [-0.2, 0) is 9.47 Å². The highest BCUT2D eigenvalue weighted by atomic mass is 16.6. The van der Waals surface area contributed by atoms with Crippen LogP contribution in [0.3, 0.4) is 0 Å². The molecule has 2 atom stereocenters. The van der Waals surface area contributed by atoms with Gasteiger partial charge in [0.25, 0.3) is 0 Å². The molecule has 138 valence electrons. The van der Waals surface area contributed by atoms with Crippen molar-refractivity contribution in [2.75, 3.05) is 13.1 Å². The molecule has 1 spiro atoms. The molecule has 2 fully saturated rings. The monoisotopic (exact) mass is 348 g/mol. The Morgan fingerprint density at radius 3 is 2.56 bits per heavy atom. The molecule has 0 aliphatic carbocycles. The molecule has 3 heterocycles. The molecule has 1 amide bonds. The highest BCUT2D eigenvalue weighted by molar-refractivity contribution is 5.68. The Labute approximate surface area is 149 Å². The van der Waals surface area contributed by atoms with E-state index in [9.17, 15) is 9.90 Å². The van der Waals surface area contributed by atoms with Crippen molar-refractivity contribution in [1.82, 2.24) is 9.88 Å². The Kier molecular flexibility index (Phi) is 5.02. The smallest absolute Gasteiger partial charge is 0.410 e. The molecule has 1 aromatic heterocycles. The van der Waals surface area contributed by atoms with Gasteiger partial charge in [-0.2, -0.15) is 0 Å². The van der Waals surface area contributed by atoms with Crippen molar-refractivity contribution >= 4 is 6.09 Å². The van der Waals surface area contributed by atoms with Gasteiger partial charge in [-0.3, -0.25) is 4.98 Å². The number of amides is 1. The van der Waals surface area contributed by atoms with E-state index in [2.05, 4.69) is 4.98 Å². The van der Waals surface area contributed by atoms with Crippen LogP contribution in [0.2, 0.25) is 0 Å². The second kappa shape index (κ2) is 6.92. The van der Waals surface area contributed by atoms with Crippen molar-refractivity contribution in [2.45, 2.75) is 69.9 Å². The van der Waals surface area contributed by atoms with Crippen molar-refractivity contribution in [2.24, 2.45) is 0 Å². The summed E-state index contributed by atoms with van der Waals surface area (Å²) < 4.78 is 11.9. The number of ether oxygens (including phenoxy) is 2. The van der Waals surface area contributed by atoms with Crippen LogP contribution in [0.15, 0.2) is 24.5 Å². The summed E-state index contributed by atoms with van der Waals surface area (Å²) in [7, 11) is 0. The molecular weight excluding hydrogens is 320 g/mol. The van der Waals surface area contributed by atoms with E-state index in [4.69, 9.17) is 9.47 Å². The minimum atomic E-state index is -0.490. The third kappa shape index (κ3) is 4.50. The summed E-state index contributed by atoms with van der Waals surface area (Å²) in [6.45, 7) is 6.79. The van der Waals surface area contributed by atoms with E-state index in [1.807, 2.05) is 32.9 Å². The van der Waals surface area contributed by atoms with Gasteiger partial charge in [0.15, 0.2) is 0 Å². The lowest BCUT2D eigenvalue weighted by Gasteiger charge is -2.48. The summed E-state index contributed by atoms with van der Waals surface area (Å²) in [5.41, 5.74) is 0.183. The molecule has 0 saturated carbocycles. The van der Waals surface area contributed by atoms with Gasteiger partial charge in [-0.25, -0.2) is 4.79 Å². The standard InChI is InChI=1S/C19H28N2O4/c1-18(2,3)25-17(23)21-10-6-19(7-11-21)13-15(22)12-16(24-19)14-4-8-20-9-5-14/h4-5,8-9,15-16,22H,6-7,10-13H2,1-3H3. The van der Waals surface area contributed by atoms with E-state index in [0.717, 1.165) is 5.56 Å². The van der Waals surface area contributed by atoms with Crippen LogP contribution in [0.5, 0.6) is 0 Å². The minimum Gasteiger partial charge on any atom is -0.444 e. The molecule has 0 aromatic carbocycles. The molecule has 1 N–H and O–H groups in total. The zero-order chi connectivity index (χ0) is 18.1. The van der Waals surface area contributed by atoms with Crippen molar-refractivity contribution in [3.63, 3.8) is 0 Å². The van der Waals surface area contributed by atoms with Gasteiger partial charge in [0.2, 0.25) is 0 Å². The fourth-order valence-electron chi connectivity index (χ4n) is 3.69. The van der Waals surface area contributed by atoms with Gasteiger partial charge in [-0.05, 0) is 51.3 Å². The quantitative estimate of drug-likeness (QED) is 0.844. The van der Waals surface area contributed by atoms with Crippen molar-refractivity contribution in [1.29, 1.82) is 0 Å². The number of carbonyl (C=O) groups is 1. The van der Waals surface area contributed by atoms with Crippen molar-refractivity contribution < 1.29 is 19.4 Å². The number of nitrogens with zero attached hydrogens (tertiary/aromatic N) is 2. The number of piperidine rings is 1. The van der Waals surface area contributed by atoms with Crippen LogP contribution in [0.4, 0.5) is 4.79 Å². The molecule has 25 heavy (non-hydrogen) atoms. The maximum atomic E-state index is 12.2. The Balaban J connectivity index is 1.64. The molecule has 6 nitrogen and oxygen atoms in total. The number of rotatable bonds is 1. The van der Waals surface area contributed by atoms with Crippen LogP contribution in [0, 0.1) is 0 Å². The van der Waals surface area contributed by atoms with Crippen LogP contribution in [0.25, 0.3) is 0 Å². The zero-order valence-corrected chi connectivity index (χ0v) is 15.3. The number of likely N-dealkylation sites (tertiary alicyclic amines) is 1. The summed E-state index contributed by atoms with van der Waals surface area (Å²) in [6, 6.07) is 3.87. The lowest BCUT2D eigenvalue weighted by Crippen LogP contribution is -2.52. The predicted molar refractivity (Wildman–Crippen MR) is 93.1 cm³/mol. The summed E-state index contributed by atoms with van der Waals surface area (Å²) in [4.78, 5) is 18.0. The van der Waals surface area contributed by atoms with Crippen molar-refractivity contribution in [3.8, 4) is 0 Å². The van der Waals surface area contributed by atoms with E-state index < -0.39 is 5.60 Å². The van der Waals surface area contributed by atoms with Gasteiger partial charge in [-0.1, -0.05) is 0 Å². The highest BCUT2D eigenvalue weighted by Gasteiger charge is 2.44. The first kappa shape index (κ1) is 18.1. The van der Waals surface area contributed by atoms with E-state index in [0.29, 0.717) is 38.8 Å². The summed E-state index contributed by atoms with van der Waals surface area (Å²) in [5, 5.41) is 10.4. The van der Waals surface area contributed by atoms with E-state index >= 15 is 0 Å². The van der Waals surface area contributed by atoms with Crippen LogP contribution in [0.1, 0.15) is 58.1 Å². The number of hydrogen-bond donors (Lipinski definition) is 1. The number of pyridine rings is 1. The number of aliphatic hydroxyl groups excluding tert-OH is 1. The third-order valence-electron chi connectivity index (χ3n) is 4.89. The largest absolute Gasteiger partial charge is 0.444 e. The van der Waals surface area contributed by atoms with Gasteiger partial charge >= 0.3 is 6.09 Å². The molecular formula is C19H28N2O4. The van der Waals surface area contributed by atoms with E-state index in [-0.39, 0.29) is 23.9 Å². The Hall–Kier alpha value is -1.66. The van der Waals surface area contributed by atoms with E-state index in [1.165, 1.54) is 0 Å². The first-order valence-electron chi connectivity index (χ1n) is 9.00. The topological polar surface area (TPSA) is 71.9 Å². The minimum absolute atomic E-state index is 0.125. The summed E-state index contributed by atoms with van der Waals surface area (Å²) in [5.74, 6) is 0. The molecule has 3 rings (SSSR count). The fraction of sp³-hybridized carbons (Fsp3) is 0.684. The molecule has 6 heteroatoms. The Morgan fingerprint density at radius 1 is 1.32 bits per heavy atom. The third-order valence-corrected chi connectivity index (χ3v) is 4.89.